The summed E-state index contributed by atoms with van der Waals surface area (Å²) in [6.45, 7) is 4.36. The fraction of sp³-hybridized carbons (Fsp3) is 0.286. The van der Waals surface area contributed by atoms with Crippen LogP contribution in [0.3, 0.4) is 0 Å². The highest BCUT2D eigenvalue weighted by molar-refractivity contribution is 7.16. The molecule has 0 saturated heterocycles. The van der Waals surface area contributed by atoms with Crippen LogP contribution in [-0.4, -0.2) is 15.9 Å². The Morgan fingerprint density at radius 3 is 2.93 bits per heavy atom. The molecule has 0 fully saturated rings. The van der Waals surface area contributed by atoms with Gasteiger partial charge in [-0.15, -0.1) is 11.3 Å². The van der Waals surface area contributed by atoms with Crippen molar-refractivity contribution >= 4 is 28.1 Å². The van der Waals surface area contributed by atoms with Gasteiger partial charge in [-0.25, -0.2) is 4.98 Å². The summed E-state index contributed by atoms with van der Waals surface area (Å²) in [6, 6.07) is 7.64. The zero-order chi connectivity index (χ0) is 19.0. The number of carbonyl (C=O) groups is 1. The van der Waals surface area contributed by atoms with Crippen molar-refractivity contribution in [3.05, 3.63) is 58.2 Å². The molecule has 0 aliphatic heterocycles. The van der Waals surface area contributed by atoms with Gasteiger partial charge in [0.15, 0.2) is 5.13 Å². The van der Waals surface area contributed by atoms with Crippen LogP contribution in [0.5, 0.6) is 0 Å². The molecule has 0 saturated carbocycles. The van der Waals surface area contributed by atoms with Crippen LogP contribution in [-0.2, 0) is 19.3 Å². The molecule has 4 rings (SSSR count). The first-order valence-electron chi connectivity index (χ1n) is 9.14. The average molecular weight is 379 g/mol. The molecule has 2 heterocycles. The number of benzene rings is 1. The Labute approximate surface area is 162 Å². The minimum Gasteiger partial charge on any atom is -0.366 e. The molecule has 1 aliphatic carbocycles. The maximum absolute atomic E-state index is 11.6. The first kappa shape index (κ1) is 17.7. The van der Waals surface area contributed by atoms with Gasteiger partial charge >= 0.3 is 0 Å². The van der Waals surface area contributed by atoms with Gasteiger partial charge in [0.2, 0.25) is 5.91 Å². The van der Waals surface area contributed by atoms with Gasteiger partial charge in [-0.05, 0) is 54.5 Å². The molecule has 1 aliphatic rings. The van der Waals surface area contributed by atoms with Crippen LogP contribution < -0.4 is 11.1 Å². The van der Waals surface area contributed by atoms with Crippen molar-refractivity contribution in [3.8, 4) is 11.3 Å². The fourth-order valence-electron chi connectivity index (χ4n) is 3.47. The third kappa shape index (κ3) is 3.57. The van der Waals surface area contributed by atoms with E-state index in [1.165, 1.54) is 16.0 Å². The SMILES string of the molecule is CC(C)Cc1ccc(C(N)=O)cc1Nc1nc2c(s1)CCc1cnccc1-2. The molecule has 2 aromatic heterocycles. The van der Waals surface area contributed by atoms with Crippen molar-refractivity contribution in [1.82, 2.24) is 9.97 Å². The summed E-state index contributed by atoms with van der Waals surface area (Å²) < 4.78 is 0. The second-order valence-corrected chi connectivity index (χ2v) is 8.37. The quantitative estimate of drug-likeness (QED) is 0.692. The molecule has 5 nitrogen and oxygen atoms in total. The molecule has 0 bridgehead atoms. The predicted molar refractivity (Wildman–Crippen MR) is 110 cm³/mol. The highest BCUT2D eigenvalue weighted by atomic mass is 32.1. The number of aromatic nitrogens is 2. The van der Waals surface area contributed by atoms with Crippen molar-refractivity contribution in [2.75, 3.05) is 5.32 Å². The molecule has 0 spiro atoms. The molecule has 3 aromatic rings. The molecule has 6 heteroatoms. The molecule has 0 unspecified atom stereocenters. The lowest BCUT2D eigenvalue weighted by Crippen LogP contribution is -2.12. The number of hydrogen-bond donors (Lipinski definition) is 2. The van der Waals surface area contributed by atoms with Crippen molar-refractivity contribution in [2.45, 2.75) is 33.1 Å². The van der Waals surface area contributed by atoms with E-state index in [9.17, 15) is 4.79 Å². The highest BCUT2D eigenvalue weighted by Crippen LogP contribution is 2.39. The zero-order valence-corrected chi connectivity index (χ0v) is 16.3. The van der Waals surface area contributed by atoms with E-state index in [2.05, 4.69) is 24.1 Å². The van der Waals surface area contributed by atoms with Crippen LogP contribution in [0.2, 0.25) is 0 Å². The smallest absolute Gasteiger partial charge is 0.248 e. The molecule has 1 amide bonds. The van der Waals surface area contributed by atoms with Crippen LogP contribution >= 0.6 is 11.3 Å². The average Bonchev–Trinajstić information content (AvgIpc) is 3.05. The maximum atomic E-state index is 11.6. The molecule has 1 aromatic carbocycles. The summed E-state index contributed by atoms with van der Waals surface area (Å²) in [4.78, 5) is 22.0. The summed E-state index contributed by atoms with van der Waals surface area (Å²) >= 11 is 1.68. The van der Waals surface area contributed by atoms with Gasteiger partial charge in [0.05, 0.1) is 5.69 Å². The van der Waals surface area contributed by atoms with E-state index in [1.807, 2.05) is 30.6 Å². The number of primary amides is 1. The number of hydrogen-bond acceptors (Lipinski definition) is 5. The number of anilines is 2. The van der Waals surface area contributed by atoms with Crippen LogP contribution in [0.1, 0.15) is 40.2 Å². The highest BCUT2D eigenvalue weighted by Gasteiger charge is 2.21. The van der Waals surface area contributed by atoms with Crippen molar-refractivity contribution in [1.29, 1.82) is 0 Å². The Balaban J connectivity index is 1.70. The number of pyridine rings is 1. The molecule has 3 N–H and O–H groups in total. The molecular formula is C21H22N4OS. The molecule has 0 atom stereocenters. The summed E-state index contributed by atoms with van der Waals surface area (Å²) in [5, 5.41) is 4.29. The predicted octanol–water partition coefficient (Wildman–Crippen LogP) is 4.34. The number of aryl methyl sites for hydroxylation is 2. The number of nitrogens with one attached hydrogen (secondary N) is 1. The number of nitrogens with zero attached hydrogens (tertiary/aromatic N) is 2. The van der Waals surface area contributed by atoms with Gasteiger partial charge in [0, 0.05) is 34.1 Å². The second kappa shape index (κ2) is 7.12. The lowest BCUT2D eigenvalue weighted by molar-refractivity contribution is 0.100. The van der Waals surface area contributed by atoms with E-state index in [-0.39, 0.29) is 0 Å². The van der Waals surface area contributed by atoms with E-state index < -0.39 is 5.91 Å². The molecular weight excluding hydrogens is 356 g/mol. The van der Waals surface area contributed by atoms with Gasteiger partial charge in [-0.3, -0.25) is 9.78 Å². The lowest BCUT2D eigenvalue weighted by atomic mass is 9.96. The normalized spacial score (nSPS) is 12.6. The number of fused-ring (bicyclic) bond motifs is 3. The maximum Gasteiger partial charge on any atom is 0.248 e. The Morgan fingerprint density at radius 2 is 2.15 bits per heavy atom. The standard InChI is InChI=1S/C21H22N4OS/c1-12(2)9-13-3-4-14(20(22)26)10-17(13)24-21-25-19-16-7-8-23-11-15(16)5-6-18(19)27-21/h3-4,7-8,10-12H,5-6,9H2,1-2H3,(H2,22,26)(H,24,25). The third-order valence-corrected chi connectivity index (χ3v) is 5.77. The van der Waals surface area contributed by atoms with Crippen molar-refractivity contribution in [3.63, 3.8) is 0 Å². The van der Waals surface area contributed by atoms with Crippen LogP contribution in [0.4, 0.5) is 10.8 Å². The first-order chi connectivity index (χ1) is 13.0. The van der Waals surface area contributed by atoms with Crippen LogP contribution in [0, 0.1) is 5.92 Å². The van der Waals surface area contributed by atoms with Gasteiger partial charge in [0.1, 0.15) is 0 Å². The van der Waals surface area contributed by atoms with Crippen LogP contribution in [0.25, 0.3) is 11.3 Å². The van der Waals surface area contributed by atoms with E-state index >= 15 is 0 Å². The Hall–Kier alpha value is -2.73. The van der Waals surface area contributed by atoms with E-state index in [0.29, 0.717) is 11.5 Å². The number of rotatable bonds is 5. The summed E-state index contributed by atoms with van der Waals surface area (Å²) in [7, 11) is 0. The van der Waals surface area contributed by atoms with Crippen molar-refractivity contribution in [2.24, 2.45) is 11.7 Å². The van der Waals surface area contributed by atoms with Gasteiger partial charge in [0.25, 0.3) is 0 Å². The second-order valence-electron chi connectivity index (χ2n) is 7.28. The zero-order valence-electron chi connectivity index (χ0n) is 15.5. The summed E-state index contributed by atoms with van der Waals surface area (Å²) in [5.41, 5.74) is 11.5. The van der Waals surface area contributed by atoms with Gasteiger partial charge < -0.3 is 11.1 Å². The topological polar surface area (TPSA) is 80.9 Å². The number of thiazole rings is 1. The summed E-state index contributed by atoms with van der Waals surface area (Å²) in [5.74, 6) is 0.0860. The first-order valence-corrected chi connectivity index (χ1v) is 9.95. The number of amides is 1. The number of carbonyl (C=O) groups excluding carboxylic acids is 1. The lowest BCUT2D eigenvalue weighted by Gasteiger charge is -2.13. The van der Waals surface area contributed by atoms with Crippen LogP contribution in [0.15, 0.2) is 36.7 Å². The molecule has 0 radical (unpaired) electrons. The van der Waals surface area contributed by atoms with E-state index in [0.717, 1.165) is 41.3 Å². The monoisotopic (exact) mass is 378 g/mol. The third-order valence-electron chi connectivity index (χ3n) is 4.74. The minimum absolute atomic E-state index is 0.422. The summed E-state index contributed by atoms with van der Waals surface area (Å²) in [6.07, 6.45) is 6.64. The minimum atomic E-state index is -0.422. The fourth-order valence-corrected chi connectivity index (χ4v) is 4.46. The van der Waals surface area contributed by atoms with Gasteiger partial charge in [-0.2, -0.15) is 0 Å². The molecule has 138 valence electrons. The Bertz CT molecular complexity index is 1010. The van der Waals surface area contributed by atoms with E-state index in [4.69, 9.17) is 10.7 Å². The Kier molecular flexibility index (Phi) is 4.66. The van der Waals surface area contributed by atoms with Crippen molar-refractivity contribution < 1.29 is 4.79 Å². The molecule has 27 heavy (non-hydrogen) atoms. The van der Waals surface area contributed by atoms with Gasteiger partial charge in [-0.1, -0.05) is 19.9 Å². The Morgan fingerprint density at radius 1 is 1.30 bits per heavy atom. The van der Waals surface area contributed by atoms with E-state index in [1.54, 1.807) is 17.4 Å². The number of nitrogens with two attached hydrogens (primary N) is 1. The largest absolute Gasteiger partial charge is 0.366 e.